The van der Waals surface area contributed by atoms with E-state index in [2.05, 4.69) is 20.3 Å². The molecule has 0 atom stereocenters. The van der Waals surface area contributed by atoms with Crippen LogP contribution in [0.15, 0.2) is 63.5 Å². The lowest BCUT2D eigenvalue weighted by molar-refractivity contribution is 0.465. The molecule has 0 unspecified atom stereocenters. The Morgan fingerprint density at radius 3 is 2.85 bits per heavy atom. The molecule has 0 aliphatic heterocycles. The first kappa shape index (κ1) is 16.2. The van der Waals surface area contributed by atoms with Gasteiger partial charge in [-0.15, -0.1) is 10.2 Å². The SMILES string of the molecule is Cc1nn2c(nc(Sc3nnc(-c4cccnc4)o3)c3ccccc32)c1Cl. The van der Waals surface area contributed by atoms with Crippen LogP contribution in [-0.4, -0.2) is 29.8 Å². The number of para-hydroxylation sites is 1. The summed E-state index contributed by atoms with van der Waals surface area (Å²) in [5.74, 6) is 0.411. The largest absolute Gasteiger partial charge is 0.411 e. The highest BCUT2D eigenvalue weighted by molar-refractivity contribution is 7.99. The van der Waals surface area contributed by atoms with Crippen LogP contribution < -0.4 is 0 Å². The number of aryl methyl sites for hydroxylation is 1. The molecular formula is C18H11ClN6OS. The van der Waals surface area contributed by atoms with E-state index in [0.717, 1.165) is 27.2 Å². The highest BCUT2D eigenvalue weighted by Gasteiger charge is 2.17. The molecule has 0 aliphatic carbocycles. The Morgan fingerprint density at radius 2 is 2.00 bits per heavy atom. The number of benzene rings is 1. The lowest BCUT2D eigenvalue weighted by atomic mass is 10.2. The Balaban J connectivity index is 1.62. The topological polar surface area (TPSA) is 82.0 Å². The molecule has 1 aromatic carbocycles. The van der Waals surface area contributed by atoms with Gasteiger partial charge < -0.3 is 4.42 Å². The van der Waals surface area contributed by atoms with Crippen LogP contribution >= 0.6 is 23.4 Å². The van der Waals surface area contributed by atoms with Gasteiger partial charge in [0, 0.05) is 17.8 Å². The number of fused-ring (bicyclic) bond motifs is 3. The van der Waals surface area contributed by atoms with Crippen molar-refractivity contribution in [1.29, 1.82) is 0 Å². The minimum Gasteiger partial charge on any atom is -0.411 e. The second kappa shape index (κ2) is 6.33. The molecule has 0 spiro atoms. The van der Waals surface area contributed by atoms with E-state index >= 15 is 0 Å². The van der Waals surface area contributed by atoms with E-state index in [-0.39, 0.29) is 0 Å². The number of hydrogen-bond acceptors (Lipinski definition) is 7. The summed E-state index contributed by atoms with van der Waals surface area (Å²) in [6, 6.07) is 11.5. The Bertz CT molecular complexity index is 1280. The molecule has 27 heavy (non-hydrogen) atoms. The molecule has 0 bridgehead atoms. The molecule has 0 amide bonds. The molecule has 0 saturated heterocycles. The first-order valence-electron chi connectivity index (χ1n) is 8.06. The third kappa shape index (κ3) is 2.73. The number of hydrogen-bond donors (Lipinski definition) is 0. The van der Waals surface area contributed by atoms with Crippen LogP contribution in [0.1, 0.15) is 5.69 Å². The molecule has 0 N–H and O–H groups in total. The van der Waals surface area contributed by atoms with Gasteiger partial charge in [0.15, 0.2) is 5.65 Å². The highest BCUT2D eigenvalue weighted by Crippen LogP contribution is 2.34. The molecule has 5 aromatic rings. The van der Waals surface area contributed by atoms with Gasteiger partial charge in [-0.3, -0.25) is 4.98 Å². The Labute approximate surface area is 162 Å². The summed E-state index contributed by atoms with van der Waals surface area (Å²) in [6.45, 7) is 1.86. The van der Waals surface area contributed by atoms with Gasteiger partial charge in [0.1, 0.15) is 10.0 Å². The molecule has 0 saturated carbocycles. The first-order chi connectivity index (χ1) is 13.2. The van der Waals surface area contributed by atoms with Gasteiger partial charge in [-0.2, -0.15) is 5.10 Å². The lowest BCUT2D eigenvalue weighted by Crippen LogP contribution is -1.95. The average molecular weight is 395 g/mol. The van der Waals surface area contributed by atoms with Crippen LogP contribution in [0.4, 0.5) is 0 Å². The van der Waals surface area contributed by atoms with Crippen LogP contribution in [0.3, 0.4) is 0 Å². The molecule has 132 valence electrons. The summed E-state index contributed by atoms with van der Waals surface area (Å²) in [4.78, 5) is 8.76. The van der Waals surface area contributed by atoms with Crippen molar-refractivity contribution in [2.45, 2.75) is 17.2 Å². The molecule has 7 nitrogen and oxygen atoms in total. The molecule has 9 heteroatoms. The maximum absolute atomic E-state index is 6.39. The zero-order chi connectivity index (χ0) is 18.4. The summed E-state index contributed by atoms with van der Waals surface area (Å²) >= 11 is 7.68. The standard InChI is InChI=1S/C18H11ClN6OS/c1-10-14(19)15-21-17(12-6-2-3-7-13(12)25(15)24-10)27-18-23-22-16(26-18)11-5-4-8-20-9-11/h2-9H,1H3. The van der Waals surface area contributed by atoms with E-state index in [0.29, 0.717) is 21.8 Å². The first-order valence-corrected chi connectivity index (χ1v) is 9.25. The summed E-state index contributed by atoms with van der Waals surface area (Å²) in [5.41, 5.74) is 3.00. The number of rotatable bonds is 3. The van der Waals surface area contributed by atoms with Crippen molar-refractivity contribution in [3.8, 4) is 11.5 Å². The van der Waals surface area contributed by atoms with E-state index < -0.39 is 0 Å². The summed E-state index contributed by atoms with van der Waals surface area (Å²) in [5, 5.41) is 15.3. The van der Waals surface area contributed by atoms with Gasteiger partial charge in [0.25, 0.3) is 5.22 Å². The van der Waals surface area contributed by atoms with Crippen LogP contribution in [0.5, 0.6) is 0 Å². The van der Waals surface area contributed by atoms with Crippen molar-refractivity contribution in [2.24, 2.45) is 0 Å². The zero-order valence-corrected chi connectivity index (χ0v) is 15.6. The highest BCUT2D eigenvalue weighted by atomic mass is 35.5. The quantitative estimate of drug-likeness (QED) is 0.418. The van der Waals surface area contributed by atoms with Gasteiger partial charge in [-0.05, 0) is 36.9 Å². The number of pyridine rings is 1. The third-order valence-corrected chi connectivity index (χ3v) is 5.32. The normalized spacial score (nSPS) is 11.5. The minimum absolute atomic E-state index is 0.392. The number of nitrogens with zero attached hydrogens (tertiary/aromatic N) is 6. The minimum atomic E-state index is 0.392. The second-order valence-corrected chi connectivity index (χ2v) is 7.10. The fourth-order valence-electron chi connectivity index (χ4n) is 2.77. The monoisotopic (exact) mass is 394 g/mol. The van der Waals surface area contributed by atoms with E-state index in [1.165, 1.54) is 11.8 Å². The molecule has 0 radical (unpaired) electrons. The molecular weight excluding hydrogens is 384 g/mol. The fourth-order valence-corrected chi connectivity index (χ4v) is 3.72. The van der Waals surface area contributed by atoms with Crippen molar-refractivity contribution in [2.75, 3.05) is 0 Å². The van der Waals surface area contributed by atoms with E-state index in [4.69, 9.17) is 21.0 Å². The van der Waals surface area contributed by atoms with Gasteiger partial charge in [0.2, 0.25) is 5.89 Å². The lowest BCUT2D eigenvalue weighted by Gasteiger charge is -2.05. The maximum Gasteiger partial charge on any atom is 0.283 e. The molecule has 4 heterocycles. The summed E-state index contributed by atoms with van der Waals surface area (Å²) in [7, 11) is 0. The summed E-state index contributed by atoms with van der Waals surface area (Å²) in [6.07, 6.45) is 3.37. The van der Waals surface area contributed by atoms with Crippen LogP contribution in [0.25, 0.3) is 28.0 Å². The van der Waals surface area contributed by atoms with Crippen LogP contribution in [0, 0.1) is 6.92 Å². The van der Waals surface area contributed by atoms with Crippen molar-refractivity contribution in [1.82, 2.24) is 29.8 Å². The van der Waals surface area contributed by atoms with E-state index in [1.807, 2.05) is 43.3 Å². The van der Waals surface area contributed by atoms with Crippen molar-refractivity contribution in [3.05, 3.63) is 59.5 Å². The number of aromatic nitrogens is 6. The van der Waals surface area contributed by atoms with Gasteiger partial charge in [-0.1, -0.05) is 29.8 Å². The predicted octanol–water partition coefficient (Wildman–Crippen LogP) is 4.44. The Hall–Kier alpha value is -2.97. The Morgan fingerprint density at radius 1 is 1.11 bits per heavy atom. The average Bonchev–Trinajstić information content (AvgIpc) is 3.28. The molecule has 5 rings (SSSR count). The molecule has 4 aromatic heterocycles. The number of halogens is 1. The third-order valence-electron chi connectivity index (χ3n) is 4.03. The smallest absolute Gasteiger partial charge is 0.283 e. The molecule has 0 fully saturated rings. The maximum atomic E-state index is 6.39. The van der Waals surface area contributed by atoms with Gasteiger partial charge in [-0.25, -0.2) is 9.50 Å². The zero-order valence-electron chi connectivity index (χ0n) is 14.0. The van der Waals surface area contributed by atoms with Crippen LogP contribution in [-0.2, 0) is 0 Å². The van der Waals surface area contributed by atoms with E-state index in [1.54, 1.807) is 16.9 Å². The van der Waals surface area contributed by atoms with Crippen molar-refractivity contribution >= 4 is 39.9 Å². The fraction of sp³-hybridized carbons (Fsp3) is 0.0556. The van der Waals surface area contributed by atoms with Gasteiger partial charge in [0.05, 0.1) is 16.8 Å². The van der Waals surface area contributed by atoms with Gasteiger partial charge >= 0.3 is 0 Å². The molecule has 0 aliphatic rings. The van der Waals surface area contributed by atoms with Crippen molar-refractivity contribution < 1.29 is 4.42 Å². The van der Waals surface area contributed by atoms with Crippen LogP contribution in [0.2, 0.25) is 5.02 Å². The summed E-state index contributed by atoms with van der Waals surface area (Å²) < 4.78 is 7.53. The van der Waals surface area contributed by atoms with E-state index in [9.17, 15) is 0 Å². The second-order valence-electron chi connectivity index (χ2n) is 5.79. The van der Waals surface area contributed by atoms with Crippen molar-refractivity contribution in [3.63, 3.8) is 0 Å². The predicted molar refractivity (Wildman–Crippen MR) is 102 cm³/mol. The Kier molecular flexibility index (Phi) is 3.80.